The van der Waals surface area contributed by atoms with Crippen LogP contribution in [0.3, 0.4) is 0 Å². The Bertz CT molecular complexity index is 80.6. The first-order valence-corrected chi connectivity index (χ1v) is 4.58. The van der Waals surface area contributed by atoms with E-state index in [9.17, 15) is 17.3 Å². The van der Waals surface area contributed by atoms with Crippen molar-refractivity contribution in [3.8, 4) is 0 Å². The van der Waals surface area contributed by atoms with Gasteiger partial charge in [0.05, 0.1) is 0 Å². The molecule has 1 radical (unpaired) electrons. The van der Waals surface area contributed by atoms with Crippen molar-refractivity contribution in [1.82, 2.24) is 0 Å². The van der Waals surface area contributed by atoms with Crippen molar-refractivity contribution in [3.05, 3.63) is 6.92 Å². The van der Waals surface area contributed by atoms with Gasteiger partial charge in [-0.15, -0.1) is 0 Å². The lowest BCUT2D eigenvalue weighted by molar-refractivity contribution is 0.368. The summed E-state index contributed by atoms with van der Waals surface area (Å²) in [5.41, 5.74) is 0. The van der Waals surface area contributed by atoms with Crippen molar-refractivity contribution >= 4 is 7.25 Å². The summed E-state index contributed by atoms with van der Waals surface area (Å²) in [6.45, 7) is 6.02. The van der Waals surface area contributed by atoms with E-state index in [4.69, 9.17) is 0 Å². The van der Waals surface area contributed by atoms with Crippen LogP contribution in [0, 0.1) is 6.92 Å². The lowest BCUT2D eigenvalue weighted by Gasteiger charge is -1.94. The molecule has 0 saturated carbocycles. The molecule has 0 aliphatic carbocycles. The van der Waals surface area contributed by atoms with Crippen LogP contribution in [0.1, 0.15) is 45.4 Å². The normalized spacial score (nSPS) is 10.6. The van der Waals surface area contributed by atoms with Crippen LogP contribution in [0.2, 0.25) is 0 Å². The van der Waals surface area contributed by atoms with Crippen LogP contribution >= 0.6 is 0 Å². The summed E-state index contributed by atoms with van der Waals surface area (Å²) in [5.74, 6) is 0. The maximum Gasteiger partial charge on any atom is 0.673 e. The molecule has 0 aliphatic rings. The highest BCUT2D eigenvalue weighted by Crippen LogP contribution is 2.06. The van der Waals surface area contributed by atoms with E-state index in [0.717, 1.165) is 6.42 Å². The van der Waals surface area contributed by atoms with Crippen LogP contribution in [0.4, 0.5) is 17.3 Å². The summed E-state index contributed by atoms with van der Waals surface area (Å²) in [6, 6.07) is 0. The first-order valence-electron chi connectivity index (χ1n) is 4.58. The highest BCUT2D eigenvalue weighted by molar-refractivity contribution is 6.50. The SMILES string of the molecule is F[B-](F)(F)F.[CH2]CCCCCCC. The third-order valence-corrected chi connectivity index (χ3v) is 1.35. The average Bonchev–Trinajstić information content (AvgIpc) is 1.95. The predicted octanol–water partition coefficient (Wildman–Crippen LogP) is 4.48. The van der Waals surface area contributed by atoms with Crippen LogP contribution in [-0.2, 0) is 0 Å². The number of halogens is 4. The summed E-state index contributed by atoms with van der Waals surface area (Å²) in [5, 5.41) is 0. The smallest absolute Gasteiger partial charge is 0.418 e. The molecular weight excluding hydrogens is 183 g/mol. The van der Waals surface area contributed by atoms with E-state index in [1.165, 1.54) is 32.1 Å². The Hall–Kier alpha value is -0.215. The molecule has 0 fully saturated rings. The number of rotatable bonds is 5. The zero-order valence-electron chi connectivity index (χ0n) is 8.04. The van der Waals surface area contributed by atoms with Gasteiger partial charge in [0.15, 0.2) is 0 Å². The summed E-state index contributed by atoms with van der Waals surface area (Å²) >= 11 is 0. The van der Waals surface area contributed by atoms with Gasteiger partial charge in [-0.1, -0.05) is 52.4 Å². The minimum atomic E-state index is -6.00. The van der Waals surface area contributed by atoms with E-state index >= 15 is 0 Å². The van der Waals surface area contributed by atoms with Gasteiger partial charge in [0.1, 0.15) is 0 Å². The van der Waals surface area contributed by atoms with Gasteiger partial charge in [-0.3, -0.25) is 0 Å². The van der Waals surface area contributed by atoms with Gasteiger partial charge in [0.2, 0.25) is 0 Å². The fraction of sp³-hybridized carbons (Fsp3) is 0.875. The Labute approximate surface area is 77.8 Å². The fourth-order valence-corrected chi connectivity index (χ4v) is 0.780. The maximum atomic E-state index is 9.75. The molecule has 0 rings (SSSR count). The minimum Gasteiger partial charge on any atom is -0.418 e. The molecule has 0 saturated heterocycles. The zero-order valence-corrected chi connectivity index (χ0v) is 8.04. The molecule has 13 heavy (non-hydrogen) atoms. The third kappa shape index (κ3) is 49.3. The molecule has 0 aliphatic heterocycles. The first kappa shape index (κ1) is 15.3. The summed E-state index contributed by atoms with van der Waals surface area (Å²) in [4.78, 5) is 0. The van der Waals surface area contributed by atoms with Crippen LogP contribution in [0.5, 0.6) is 0 Å². The molecule has 0 atom stereocenters. The van der Waals surface area contributed by atoms with E-state index in [1.54, 1.807) is 0 Å². The Morgan fingerprint density at radius 2 is 1.31 bits per heavy atom. The zero-order chi connectivity index (χ0) is 10.7. The molecule has 5 heteroatoms. The standard InChI is InChI=1S/C8H17.BF4/c1-3-5-7-8-6-4-2;2-1(3,4)5/h1,3-8H2,2H3;/q;-1. The van der Waals surface area contributed by atoms with Crippen LogP contribution in [0.15, 0.2) is 0 Å². The molecule has 0 aromatic rings. The Balaban J connectivity index is 0. The van der Waals surface area contributed by atoms with Crippen molar-refractivity contribution in [1.29, 1.82) is 0 Å². The molecule has 0 spiro atoms. The predicted molar refractivity (Wildman–Crippen MR) is 48.9 cm³/mol. The Morgan fingerprint density at radius 1 is 0.923 bits per heavy atom. The van der Waals surface area contributed by atoms with Gasteiger partial charge in [-0.2, -0.15) is 0 Å². The van der Waals surface area contributed by atoms with Gasteiger partial charge in [0.25, 0.3) is 0 Å². The van der Waals surface area contributed by atoms with Gasteiger partial charge >= 0.3 is 7.25 Å². The fourth-order valence-electron chi connectivity index (χ4n) is 0.780. The molecule has 0 heterocycles. The molecule has 0 aromatic carbocycles. The highest BCUT2D eigenvalue weighted by Gasteiger charge is 2.20. The Morgan fingerprint density at radius 3 is 1.62 bits per heavy atom. The molecule has 81 valence electrons. The van der Waals surface area contributed by atoms with Crippen molar-refractivity contribution in [2.75, 3.05) is 0 Å². The first-order chi connectivity index (χ1) is 5.91. The van der Waals surface area contributed by atoms with E-state index in [-0.39, 0.29) is 0 Å². The van der Waals surface area contributed by atoms with Crippen LogP contribution < -0.4 is 0 Å². The second-order valence-corrected chi connectivity index (χ2v) is 2.76. The summed E-state index contributed by atoms with van der Waals surface area (Å²) in [6.07, 6.45) is 7.98. The molecule has 0 nitrogen and oxygen atoms in total. The van der Waals surface area contributed by atoms with Crippen molar-refractivity contribution in [2.45, 2.75) is 45.4 Å². The molecule has 0 N–H and O–H groups in total. The average molecular weight is 200 g/mol. The van der Waals surface area contributed by atoms with Crippen molar-refractivity contribution in [3.63, 3.8) is 0 Å². The quantitative estimate of drug-likeness (QED) is 0.348. The highest BCUT2D eigenvalue weighted by atomic mass is 19.5. The van der Waals surface area contributed by atoms with Gasteiger partial charge < -0.3 is 17.3 Å². The number of hydrogen-bond acceptors (Lipinski definition) is 0. The maximum absolute atomic E-state index is 9.75. The number of hydrogen-bond donors (Lipinski definition) is 0. The molecule has 0 amide bonds. The molecule has 0 bridgehead atoms. The second kappa shape index (κ2) is 9.87. The monoisotopic (exact) mass is 200 g/mol. The largest absolute Gasteiger partial charge is 0.673 e. The minimum absolute atomic E-state index is 1.11. The van der Waals surface area contributed by atoms with E-state index in [0.29, 0.717) is 0 Å². The van der Waals surface area contributed by atoms with E-state index in [2.05, 4.69) is 13.8 Å². The van der Waals surface area contributed by atoms with Gasteiger partial charge in [-0.05, 0) is 0 Å². The van der Waals surface area contributed by atoms with Crippen molar-refractivity contribution < 1.29 is 17.3 Å². The number of unbranched alkanes of at least 4 members (excludes halogenated alkanes) is 5. The van der Waals surface area contributed by atoms with Gasteiger partial charge in [-0.25, -0.2) is 0 Å². The summed E-state index contributed by atoms with van der Waals surface area (Å²) in [7, 11) is -6.00. The Kier molecular flexibility index (Phi) is 11.6. The van der Waals surface area contributed by atoms with E-state index in [1.807, 2.05) is 0 Å². The molecule has 0 unspecified atom stereocenters. The molecular formula is C8H17BF4-. The van der Waals surface area contributed by atoms with Crippen LogP contribution in [-0.4, -0.2) is 7.25 Å². The topological polar surface area (TPSA) is 0 Å². The lowest BCUT2D eigenvalue weighted by atomic mass is 10.1. The molecule has 0 aromatic heterocycles. The third-order valence-electron chi connectivity index (χ3n) is 1.35. The summed E-state index contributed by atoms with van der Waals surface area (Å²) < 4.78 is 39.0. The van der Waals surface area contributed by atoms with Crippen LogP contribution in [0.25, 0.3) is 0 Å². The van der Waals surface area contributed by atoms with Gasteiger partial charge in [0, 0.05) is 0 Å². The second-order valence-electron chi connectivity index (χ2n) is 2.76. The lowest BCUT2D eigenvalue weighted by Crippen LogP contribution is -2.02. The van der Waals surface area contributed by atoms with Crippen molar-refractivity contribution in [2.24, 2.45) is 0 Å². The van der Waals surface area contributed by atoms with E-state index < -0.39 is 7.25 Å².